The van der Waals surface area contributed by atoms with E-state index in [1.807, 2.05) is 11.6 Å². The van der Waals surface area contributed by atoms with E-state index in [2.05, 4.69) is 31.2 Å². The van der Waals surface area contributed by atoms with Crippen molar-refractivity contribution in [3.63, 3.8) is 0 Å². The maximum Gasteiger partial charge on any atom is 0.0835 e. The Kier molecular flexibility index (Phi) is 7.42. The molecular formula is C14H26ClN3O. The maximum absolute atomic E-state index is 6.32. The predicted octanol–water partition coefficient (Wildman–Crippen LogP) is 3.41. The zero-order valence-electron chi connectivity index (χ0n) is 12.4. The highest BCUT2D eigenvalue weighted by atomic mass is 35.5. The van der Waals surface area contributed by atoms with Crippen LogP contribution in [0.25, 0.3) is 0 Å². The van der Waals surface area contributed by atoms with Gasteiger partial charge < -0.3 is 10.1 Å². The summed E-state index contributed by atoms with van der Waals surface area (Å²) < 4.78 is 7.87. The fraction of sp³-hybridized carbons (Fsp3) is 0.786. The Balaban J connectivity index is 3.05. The summed E-state index contributed by atoms with van der Waals surface area (Å²) in [4.78, 5) is 0. The van der Waals surface area contributed by atoms with Crippen LogP contribution in [0.5, 0.6) is 0 Å². The van der Waals surface area contributed by atoms with Gasteiger partial charge in [-0.1, -0.05) is 31.9 Å². The number of aromatic nitrogens is 2. The van der Waals surface area contributed by atoms with Crippen LogP contribution >= 0.6 is 11.6 Å². The van der Waals surface area contributed by atoms with Gasteiger partial charge in [-0.15, -0.1) is 0 Å². The summed E-state index contributed by atoms with van der Waals surface area (Å²) in [5.41, 5.74) is 1.04. The fourth-order valence-corrected chi connectivity index (χ4v) is 2.66. The van der Waals surface area contributed by atoms with E-state index in [-0.39, 0.29) is 12.1 Å². The van der Waals surface area contributed by atoms with Crippen molar-refractivity contribution in [2.75, 3.05) is 13.2 Å². The molecule has 1 heterocycles. The van der Waals surface area contributed by atoms with Crippen LogP contribution in [0.4, 0.5) is 0 Å². The minimum Gasteiger partial charge on any atom is -0.376 e. The highest BCUT2D eigenvalue weighted by Crippen LogP contribution is 2.28. The second-order valence-corrected chi connectivity index (χ2v) is 4.92. The molecule has 0 saturated heterocycles. The van der Waals surface area contributed by atoms with Gasteiger partial charge in [0.25, 0.3) is 0 Å². The van der Waals surface area contributed by atoms with Crippen LogP contribution in [-0.4, -0.2) is 29.0 Å². The molecule has 0 aromatic carbocycles. The lowest BCUT2D eigenvalue weighted by Crippen LogP contribution is -2.35. The van der Waals surface area contributed by atoms with E-state index in [9.17, 15) is 0 Å². The number of halogens is 1. The second-order valence-electron chi connectivity index (χ2n) is 4.51. The Morgan fingerprint density at radius 2 is 2.11 bits per heavy atom. The SMILES string of the molecule is CCCC(OCC)C(NCC)c1c(Cl)cnn1CC. The van der Waals surface area contributed by atoms with Crippen LogP contribution < -0.4 is 5.32 Å². The summed E-state index contributed by atoms with van der Waals surface area (Å²) in [7, 11) is 0. The van der Waals surface area contributed by atoms with Gasteiger partial charge in [-0.05, 0) is 26.8 Å². The van der Waals surface area contributed by atoms with Crippen molar-refractivity contribution in [3.05, 3.63) is 16.9 Å². The first kappa shape index (κ1) is 16.5. The van der Waals surface area contributed by atoms with E-state index >= 15 is 0 Å². The van der Waals surface area contributed by atoms with Gasteiger partial charge in [-0.25, -0.2) is 0 Å². The largest absolute Gasteiger partial charge is 0.376 e. The molecule has 110 valence electrons. The molecule has 1 rings (SSSR count). The van der Waals surface area contributed by atoms with Crippen LogP contribution in [0, 0.1) is 0 Å². The summed E-state index contributed by atoms with van der Waals surface area (Å²) >= 11 is 6.32. The monoisotopic (exact) mass is 287 g/mol. The van der Waals surface area contributed by atoms with Gasteiger partial charge in [0.05, 0.1) is 29.1 Å². The zero-order chi connectivity index (χ0) is 14.3. The number of likely N-dealkylation sites (N-methyl/N-ethyl adjacent to an activating group) is 1. The Morgan fingerprint density at radius 3 is 2.63 bits per heavy atom. The summed E-state index contributed by atoms with van der Waals surface area (Å²) in [6.45, 7) is 10.8. The molecule has 0 fully saturated rings. The molecule has 0 saturated carbocycles. The molecule has 0 aliphatic rings. The molecule has 0 aliphatic carbocycles. The highest BCUT2D eigenvalue weighted by Gasteiger charge is 2.27. The Morgan fingerprint density at radius 1 is 1.37 bits per heavy atom. The maximum atomic E-state index is 6.32. The van der Waals surface area contributed by atoms with E-state index in [4.69, 9.17) is 16.3 Å². The van der Waals surface area contributed by atoms with Crippen LogP contribution in [0.3, 0.4) is 0 Å². The van der Waals surface area contributed by atoms with Gasteiger partial charge in [-0.3, -0.25) is 4.68 Å². The van der Waals surface area contributed by atoms with Crippen LogP contribution in [0.2, 0.25) is 5.02 Å². The molecule has 0 bridgehead atoms. The van der Waals surface area contributed by atoms with E-state index in [0.717, 1.165) is 31.6 Å². The number of rotatable bonds is 9. The third-order valence-corrected chi connectivity index (χ3v) is 3.47. The average Bonchev–Trinajstić information content (AvgIpc) is 2.77. The van der Waals surface area contributed by atoms with E-state index < -0.39 is 0 Å². The number of nitrogens with one attached hydrogen (secondary N) is 1. The number of nitrogens with zero attached hydrogens (tertiary/aromatic N) is 2. The molecule has 0 aliphatic heterocycles. The Hall–Kier alpha value is -0.580. The quantitative estimate of drug-likeness (QED) is 0.756. The first-order valence-electron chi connectivity index (χ1n) is 7.25. The zero-order valence-corrected chi connectivity index (χ0v) is 13.2. The van der Waals surface area contributed by atoms with Gasteiger partial charge in [0.2, 0.25) is 0 Å². The van der Waals surface area contributed by atoms with E-state index in [0.29, 0.717) is 11.6 Å². The van der Waals surface area contributed by atoms with Crippen LogP contribution in [0.15, 0.2) is 6.20 Å². The molecule has 19 heavy (non-hydrogen) atoms. The third kappa shape index (κ3) is 4.20. The summed E-state index contributed by atoms with van der Waals surface area (Å²) in [6.07, 6.45) is 3.95. The highest BCUT2D eigenvalue weighted by molar-refractivity contribution is 6.31. The first-order valence-corrected chi connectivity index (χ1v) is 7.63. The minimum absolute atomic E-state index is 0.0971. The molecule has 1 N–H and O–H groups in total. The van der Waals surface area contributed by atoms with Gasteiger partial charge in [0.15, 0.2) is 0 Å². The van der Waals surface area contributed by atoms with E-state index in [1.54, 1.807) is 6.20 Å². The van der Waals surface area contributed by atoms with Gasteiger partial charge in [0.1, 0.15) is 0 Å². The first-order chi connectivity index (χ1) is 9.19. The summed E-state index contributed by atoms with van der Waals surface area (Å²) in [6, 6.07) is 0.0971. The molecule has 2 atom stereocenters. The van der Waals surface area contributed by atoms with E-state index in [1.165, 1.54) is 0 Å². The number of hydrogen-bond donors (Lipinski definition) is 1. The molecule has 0 spiro atoms. The number of ether oxygens (including phenoxy) is 1. The van der Waals surface area contributed by atoms with Gasteiger partial charge >= 0.3 is 0 Å². The summed E-state index contributed by atoms with van der Waals surface area (Å²) in [5, 5.41) is 8.55. The van der Waals surface area contributed by atoms with Crippen LogP contribution in [-0.2, 0) is 11.3 Å². The lowest BCUT2D eigenvalue weighted by molar-refractivity contribution is 0.0258. The number of aryl methyl sites for hydroxylation is 1. The Labute approximate surface area is 121 Å². The minimum atomic E-state index is 0.0971. The topological polar surface area (TPSA) is 39.1 Å². The standard InChI is InChI=1S/C14H26ClN3O/c1-5-9-12(19-8-4)13(16-6-2)14-11(15)10-17-18(14)7-3/h10,12-13,16H,5-9H2,1-4H3. The number of hydrogen-bond acceptors (Lipinski definition) is 3. The van der Waals surface area contributed by atoms with Crippen molar-refractivity contribution in [1.29, 1.82) is 0 Å². The van der Waals surface area contributed by atoms with Gasteiger partial charge in [0, 0.05) is 13.2 Å². The molecule has 5 heteroatoms. The molecule has 0 radical (unpaired) electrons. The van der Waals surface area contributed by atoms with Crippen molar-refractivity contribution in [2.24, 2.45) is 0 Å². The average molecular weight is 288 g/mol. The summed E-state index contributed by atoms with van der Waals surface area (Å²) in [5.74, 6) is 0. The van der Waals surface area contributed by atoms with Crippen LogP contribution in [0.1, 0.15) is 52.3 Å². The molecule has 0 amide bonds. The normalized spacial score (nSPS) is 14.6. The van der Waals surface area contributed by atoms with Crippen molar-refractivity contribution < 1.29 is 4.74 Å². The van der Waals surface area contributed by atoms with Crippen molar-refractivity contribution in [2.45, 2.75) is 59.2 Å². The molecular weight excluding hydrogens is 262 g/mol. The smallest absolute Gasteiger partial charge is 0.0835 e. The third-order valence-electron chi connectivity index (χ3n) is 3.18. The van der Waals surface area contributed by atoms with Crippen molar-refractivity contribution in [3.8, 4) is 0 Å². The molecule has 1 aromatic rings. The Bertz CT molecular complexity index is 362. The molecule has 2 unspecified atom stereocenters. The lowest BCUT2D eigenvalue weighted by Gasteiger charge is -2.28. The fourth-order valence-electron chi connectivity index (χ4n) is 2.40. The second kappa shape index (κ2) is 8.56. The van der Waals surface area contributed by atoms with Crippen molar-refractivity contribution in [1.82, 2.24) is 15.1 Å². The lowest BCUT2D eigenvalue weighted by atomic mass is 10.0. The van der Waals surface area contributed by atoms with Gasteiger partial charge in [-0.2, -0.15) is 5.10 Å². The van der Waals surface area contributed by atoms with Crippen molar-refractivity contribution >= 4 is 11.6 Å². The molecule has 1 aromatic heterocycles. The predicted molar refractivity (Wildman–Crippen MR) is 79.7 cm³/mol. The molecule has 4 nitrogen and oxygen atoms in total.